The molecule has 1 N–H and O–H groups in total. The smallest absolute Gasteiger partial charge is 0.274 e. The maximum atomic E-state index is 12.4. The van der Waals surface area contributed by atoms with Gasteiger partial charge in [-0.3, -0.25) is 4.79 Å². The molecule has 0 aliphatic carbocycles. The lowest BCUT2D eigenvalue weighted by molar-refractivity contribution is 0.102. The van der Waals surface area contributed by atoms with Gasteiger partial charge in [0.05, 0.1) is 11.9 Å². The average Bonchev–Trinajstić information content (AvgIpc) is 2.67. The van der Waals surface area contributed by atoms with Crippen molar-refractivity contribution in [2.24, 2.45) is 0 Å². The molecule has 0 fully saturated rings. The highest BCUT2D eigenvalue weighted by Gasteiger charge is 2.10. The van der Waals surface area contributed by atoms with E-state index >= 15 is 0 Å². The van der Waals surface area contributed by atoms with Gasteiger partial charge in [-0.05, 0) is 49.2 Å². The molecule has 3 aromatic rings. The second-order valence-corrected chi connectivity index (χ2v) is 6.23. The summed E-state index contributed by atoms with van der Waals surface area (Å²) in [5, 5.41) is 2.89. The Kier molecular flexibility index (Phi) is 5.64. The van der Waals surface area contributed by atoms with Gasteiger partial charge >= 0.3 is 0 Å². The number of aryl methyl sites for hydroxylation is 1. The van der Waals surface area contributed by atoms with E-state index in [1.165, 1.54) is 5.56 Å². The molecule has 0 radical (unpaired) electrons. The van der Waals surface area contributed by atoms with Crippen molar-refractivity contribution in [1.29, 1.82) is 0 Å². The zero-order chi connectivity index (χ0) is 18.4. The largest absolute Gasteiger partial charge is 0.366 e. The fourth-order valence-corrected chi connectivity index (χ4v) is 2.81. The summed E-state index contributed by atoms with van der Waals surface area (Å²) in [6.07, 6.45) is 1.76. The van der Waals surface area contributed by atoms with Crippen molar-refractivity contribution >= 4 is 17.3 Å². The molecule has 4 heteroatoms. The van der Waals surface area contributed by atoms with Gasteiger partial charge < -0.3 is 10.2 Å². The zero-order valence-corrected chi connectivity index (χ0v) is 15.1. The van der Waals surface area contributed by atoms with Crippen molar-refractivity contribution in [3.8, 4) is 0 Å². The van der Waals surface area contributed by atoms with Gasteiger partial charge in [0.2, 0.25) is 0 Å². The summed E-state index contributed by atoms with van der Waals surface area (Å²) < 4.78 is 0. The predicted molar refractivity (Wildman–Crippen MR) is 107 cm³/mol. The predicted octanol–water partition coefficient (Wildman–Crippen LogP) is 4.67. The Morgan fingerprint density at radius 2 is 1.85 bits per heavy atom. The molecular formula is C22H23N3O. The molecule has 2 aromatic carbocycles. The van der Waals surface area contributed by atoms with E-state index < -0.39 is 0 Å². The standard InChI is InChI=1S/C22H23N3O/c1-3-25(16-18-9-5-4-6-10-18)20-12-13-21(23-15-20)22(26)24-19-11-7-8-17(2)14-19/h4-15H,3,16H2,1-2H3,(H,24,26). The van der Waals surface area contributed by atoms with Crippen molar-refractivity contribution in [2.75, 3.05) is 16.8 Å². The van der Waals surface area contributed by atoms with E-state index in [-0.39, 0.29) is 5.91 Å². The number of pyridine rings is 1. The number of nitrogens with one attached hydrogen (secondary N) is 1. The summed E-state index contributed by atoms with van der Waals surface area (Å²) in [7, 11) is 0. The van der Waals surface area contributed by atoms with Crippen LogP contribution in [0.25, 0.3) is 0 Å². The van der Waals surface area contributed by atoms with Crippen LogP contribution in [-0.4, -0.2) is 17.4 Å². The first-order valence-corrected chi connectivity index (χ1v) is 8.78. The van der Waals surface area contributed by atoms with Gasteiger partial charge in [-0.2, -0.15) is 0 Å². The molecule has 1 heterocycles. The minimum atomic E-state index is -0.201. The Labute approximate surface area is 154 Å². The number of anilines is 2. The number of carbonyl (C=O) groups excluding carboxylic acids is 1. The Morgan fingerprint density at radius 3 is 2.50 bits per heavy atom. The van der Waals surface area contributed by atoms with Crippen LogP contribution in [0.4, 0.5) is 11.4 Å². The van der Waals surface area contributed by atoms with E-state index in [1.54, 1.807) is 12.3 Å². The first kappa shape index (κ1) is 17.7. The van der Waals surface area contributed by atoms with Gasteiger partial charge in [0.25, 0.3) is 5.91 Å². The molecule has 0 atom stereocenters. The highest BCUT2D eigenvalue weighted by molar-refractivity contribution is 6.03. The number of hydrogen-bond acceptors (Lipinski definition) is 3. The summed E-state index contributed by atoms with van der Waals surface area (Å²) in [6.45, 7) is 5.79. The summed E-state index contributed by atoms with van der Waals surface area (Å²) in [5.74, 6) is -0.201. The lowest BCUT2D eigenvalue weighted by atomic mass is 10.2. The summed E-state index contributed by atoms with van der Waals surface area (Å²) in [6, 6.07) is 21.8. The highest BCUT2D eigenvalue weighted by atomic mass is 16.1. The third kappa shape index (κ3) is 4.48. The number of carbonyl (C=O) groups is 1. The molecule has 3 rings (SSSR count). The molecule has 0 saturated carbocycles. The summed E-state index contributed by atoms with van der Waals surface area (Å²) in [5.41, 5.74) is 4.54. The molecule has 0 bridgehead atoms. The van der Waals surface area contributed by atoms with E-state index in [0.717, 1.165) is 30.0 Å². The summed E-state index contributed by atoms with van der Waals surface area (Å²) in [4.78, 5) is 19.0. The van der Waals surface area contributed by atoms with E-state index in [4.69, 9.17) is 0 Å². The Morgan fingerprint density at radius 1 is 1.04 bits per heavy atom. The molecule has 26 heavy (non-hydrogen) atoms. The lowest BCUT2D eigenvalue weighted by Gasteiger charge is -2.23. The number of rotatable bonds is 6. The second-order valence-electron chi connectivity index (χ2n) is 6.23. The van der Waals surface area contributed by atoms with Crippen LogP contribution in [0.2, 0.25) is 0 Å². The molecule has 0 aliphatic rings. The number of amides is 1. The number of hydrogen-bond donors (Lipinski definition) is 1. The van der Waals surface area contributed by atoms with Crippen molar-refractivity contribution < 1.29 is 4.79 Å². The number of aromatic nitrogens is 1. The molecule has 0 saturated heterocycles. The van der Waals surface area contributed by atoms with Crippen LogP contribution in [0.15, 0.2) is 72.9 Å². The highest BCUT2D eigenvalue weighted by Crippen LogP contribution is 2.17. The number of nitrogens with zero attached hydrogens (tertiary/aromatic N) is 2. The molecule has 1 aromatic heterocycles. The fraction of sp³-hybridized carbons (Fsp3) is 0.182. The quantitative estimate of drug-likeness (QED) is 0.706. The third-order valence-electron chi connectivity index (χ3n) is 4.22. The fourth-order valence-electron chi connectivity index (χ4n) is 2.81. The second kappa shape index (κ2) is 8.30. The van der Waals surface area contributed by atoms with Crippen molar-refractivity contribution in [1.82, 2.24) is 4.98 Å². The van der Waals surface area contributed by atoms with Crippen molar-refractivity contribution in [3.05, 3.63) is 89.7 Å². The van der Waals surface area contributed by atoms with E-state index in [0.29, 0.717) is 5.69 Å². The Balaban J connectivity index is 1.69. The summed E-state index contributed by atoms with van der Waals surface area (Å²) >= 11 is 0. The average molecular weight is 345 g/mol. The van der Waals surface area contributed by atoms with Crippen LogP contribution in [0, 0.1) is 6.92 Å². The maximum absolute atomic E-state index is 12.4. The molecule has 0 spiro atoms. The van der Waals surface area contributed by atoms with Crippen LogP contribution in [0.1, 0.15) is 28.5 Å². The van der Waals surface area contributed by atoms with E-state index in [1.807, 2.05) is 55.5 Å². The zero-order valence-electron chi connectivity index (χ0n) is 15.1. The third-order valence-corrected chi connectivity index (χ3v) is 4.22. The van der Waals surface area contributed by atoms with Gasteiger partial charge in [-0.1, -0.05) is 42.5 Å². The molecular weight excluding hydrogens is 322 g/mol. The molecule has 1 amide bonds. The van der Waals surface area contributed by atoms with E-state index in [9.17, 15) is 4.79 Å². The molecule has 132 valence electrons. The normalized spacial score (nSPS) is 10.4. The van der Waals surface area contributed by atoms with Crippen LogP contribution in [0.3, 0.4) is 0 Å². The maximum Gasteiger partial charge on any atom is 0.274 e. The van der Waals surface area contributed by atoms with Crippen molar-refractivity contribution in [3.63, 3.8) is 0 Å². The Bertz CT molecular complexity index is 860. The van der Waals surface area contributed by atoms with Gasteiger partial charge in [0, 0.05) is 18.8 Å². The minimum Gasteiger partial charge on any atom is -0.366 e. The van der Waals surface area contributed by atoms with Crippen LogP contribution >= 0.6 is 0 Å². The first-order valence-electron chi connectivity index (χ1n) is 8.78. The molecule has 4 nitrogen and oxygen atoms in total. The topological polar surface area (TPSA) is 45.2 Å². The first-order chi connectivity index (χ1) is 12.7. The van der Waals surface area contributed by atoms with Gasteiger partial charge in [-0.25, -0.2) is 4.98 Å². The van der Waals surface area contributed by atoms with Crippen molar-refractivity contribution in [2.45, 2.75) is 20.4 Å². The van der Waals surface area contributed by atoms with Gasteiger partial charge in [0.15, 0.2) is 0 Å². The van der Waals surface area contributed by atoms with Crippen LogP contribution in [0.5, 0.6) is 0 Å². The monoisotopic (exact) mass is 345 g/mol. The molecule has 0 unspecified atom stereocenters. The lowest BCUT2D eigenvalue weighted by Crippen LogP contribution is -2.22. The van der Waals surface area contributed by atoms with E-state index in [2.05, 4.69) is 34.3 Å². The van der Waals surface area contributed by atoms with Crippen LogP contribution in [-0.2, 0) is 6.54 Å². The SMILES string of the molecule is CCN(Cc1ccccc1)c1ccc(C(=O)Nc2cccc(C)c2)nc1. The molecule has 0 aliphatic heterocycles. The Hall–Kier alpha value is -3.14. The van der Waals surface area contributed by atoms with Crippen LogP contribution < -0.4 is 10.2 Å². The minimum absolute atomic E-state index is 0.201. The van der Waals surface area contributed by atoms with Gasteiger partial charge in [-0.15, -0.1) is 0 Å². The van der Waals surface area contributed by atoms with Gasteiger partial charge in [0.1, 0.15) is 5.69 Å². The number of benzene rings is 2.